The number of anilines is 1. The van der Waals surface area contributed by atoms with E-state index in [9.17, 15) is 9.59 Å². The molecule has 1 amide bonds. The number of nitrogens with zero attached hydrogens (tertiary/aromatic N) is 1. The van der Waals surface area contributed by atoms with E-state index in [2.05, 4.69) is 28.2 Å². The molecule has 1 aromatic heterocycles. The van der Waals surface area contributed by atoms with E-state index < -0.39 is 17.9 Å². The monoisotopic (exact) mass is 494 g/mol. The van der Waals surface area contributed by atoms with E-state index in [4.69, 9.17) is 19.9 Å². The maximum Gasteiger partial charge on any atom is 0.328 e. The Labute approximate surface area is 203 Å². The molecule has 2 atom stereocenters. The second-order valence-electron chi connectivity index (χ2n) is 6.95. The van der Waals surface area contributed by atoms with Crippen LogP contribution in [0, 0.1) is 0 Å². The standard InChI is InChI=1S/C22H30N4O5S2/c1-29-22(28)18(10-11-33-2)25-19(27)13-30-21-17(24-12-15(23)14-32)8-9-20(26-21)31-16-6-4-3-5-7-16/h3-9,15,18,24,32H,10-14,23H2,1-2H3,(H,25,27)/t15?,18-/m0/s1. The molecule has 0 aliphatic rings. The average molecular weight is 495 g/mol. The zero-order valence-corrected chi connectivity index (χ0v) is 20.4. The van der Waals surface area contributed by atoms with Gasteiger partial charge in [-0.2, -0.15) is 29.4 Å². The van der Waals surface area contributed by atoms with Crippen molar-refractivity contribution < 1.29 is 23.8 Å². The number of benzene rings is 1. The first-order chi connectivity index (χ1) is 16.0. The predicted molar refractivity (Wildman–Crippen MR) is 134 cm³/mol. The fraction of sp³-hybridized carbons (Fsp3) is 0.409. The molecule has 0 saturated carbocycles. The number of methoxy groups -OCH3 is 1. The van der Waals surface area contributed by atoms with E-state index in [1.165, 1.54) is 7.11 Å². The van der Waals surface area contributed by atoms with Crippen LogP contribution >= 0.6 is 24.4 Å². The van der Waals surface area contributed by atoms with Crippen molar-refractivity contribution in [3.63, 3.8) is 0 Å². The van der Waals surface area contributed by atoms with Crippen molar-refractivity contribution in [1.82, 2.24) is 10.3 Å². The molecule has 0 saturated heterocycles. The van der Waals surface area contributed by atoms with Gasteiger partial charge >= 0.3 is 5.97 Å². The molecule has 0 aliphatic carbocycles. The zero-order valence-electron chi connectivity index (χ0n) is 18.7. The number of thiol groups is 1. The van der Waals surface area contributed by atoms with Gasteiger partial charge in [-0.05, 0) is 36.6 Å². The summed E-state index contributed by atoms with van der Waals surface area (Å²) >= 11 is 5.75. The number of para-hydroxylation sites is 1. The molecule has 4 N–H and O–H groups in total. The van der Waals surface area contributed by atoms with E-state index in [0.717, 1.165) is 0 Å². The molecule has 0 bridgehead atoms. The van der Waals surface area contributed by atoms with Crippen LogP contribution in [0.5, 0.6) is 17.5 Å². The molecule has 2 aromatic rings. The molecule has 180 valence electrons. The van der Waals surface area contributed by atoms with Crippen LogP contribution < -0.4 is 25.8 Å². The van der Waals surface area contributed by atoms with Crippen LogP contribution in [0.1, 0.15) is 6.42 Å². The fourth-order valence-electron chi connectivity index (χ4n) is 2.64. The number of amides is 1. The van der Waals surface area contributed by atoms with Crippen LogP contribution in [-0.4, -0.2) is 67.0 Å². The Morgan fingerprint density at radius 1 is 1.21 bits per heavy atom. The highest BCUT2D eigenvalue weighted by molar-refractivity contribution is 7.98. The highest BCUT2D eigenvalue weighted by Crippen LogP contribution is 2.28. The number of thioether (sulfide) groups is 1. The van der Waals surface area contributed by atoms with Crippen molar-refractivity contribution in [2.24, 2.45) is 5.73 Å². The Morgan fingerprint density at radius 3 is 2.64 bits per heavy atom. The predicted octanol–water partition coefficient (Wildman–Crippen LogP) is 2.33. The third-order valence-electron chi connectivity index (χ3n) is 4.36. The van der Waals surface area contributed by atoms with Gasteiger partial charge in [0.15, 0.2) is 6.61 Å². The summed E-state index contributed by atoms with van der Waals surface area (Å²) in [4.78, 5) is 28.8. The number of ether oxygens (including phenoxy) is 3. The first-order valence-corrected chi connectivity index (χ1v) is 12.3. The summed E-state index contributed by atoms with van der Waals surface area (Å²) in [7, 11) is 1.28. The molecule has 1 aromatic carbocycles. The number of esters is 1. The lowest BCUT2D eigenvalue weighted by molar-refractivity contribution is -0.145. The van der Waals surface area contributed by atoms with Crippen LogP contribution in [0.4, 0.5) is 5.69 Å². The van der Waals surface area contributed by atoms with Gasteiger partial charge < -0.3 is 30.6 Å². The number of nitrogens with one attached hydrogen (secondary N) is 2. The highest BCUT2D eigenvalue weighted by Gasteiger charge is 2.21. The summed E-state index contributed by atoms with van der Waals surface area (Å²) in [5.74, 6) is 1.30. The van der Waals surface area contributed by atoms with Crippen LogP contribution in [0.15, 0.2) is 42.5 Å². The number of nitrogens with two attached hydrogens (primary N) is 1. The number of rotatable bonds is 14. The van der Waals surface area contributed by atoms with Gasteiger partial charge in [0.25, 0.3) is 5.91 Å². The second-order valence-corrected chi connectivity index (χ2v) is 8.31. The number of hydrogen-bond acceptors (Lipinski definition) is 10. The molecule has 0 radical (unpaired) electrons. The third-order valence-corrected chi connectivity index (χ3v) is 5.47. The van der Waals surface area contributed by atoms with Crippen molar-refractivity contribution >= 4 is 42.0 Å². The topological polar surface area (TPSA) is 125 Å². The van der Waals surface area contributed by atoms with E-state index in [-0.39, 0.29) is 18.5 Å². The molecule has 0 spiro atoms. The Kier molecular flexibility index (Phi) is 11.7. The van der Waals surface area contributed by atoms with Crippen molar-refractivity contribution in [3.05, 3.63) is 42.5 Å². The van der Waals surface area contributed by atoms with E-state index in [1.807, 2.05) is 24.5 Å². The number of pyridine rings is 1. The molecule has 1 unspecified atom stereocenters. The largest absolute Gasteiger partial charge is 0.467 e. The summed E-state index contributed by atoms with van der Waals surface area (Å²) in [5, 5.41) is 5.79. The Balaban J connectivity index is 2.10. The van der Waals surface area contributed by atoms with Crippen LogP contribution in [0.25, 0.3) is 0 Å². The highest BCUT2D eigenvalue weighted by atomic mass is 32.2. The van der Waals surface area contributed by atoms with Gasteiger partial charge in [0, 0.05) is 24.4 Å². The van der Waals surface area contributed by atoms with E-state index in [1.54, 1.807) is 36.0 Å². The normalized spacial score (nSPS) is 12.4. The second kappa shape index (κ2) is 14.5. The van der Waals surface area contributed by atoms with Gasteiger partial charge in [-0.15, -0.1) is 0 Å². The smallest absolute Gasteiger partial charge is 0.328 e. The van der Waals surface area contributed by atoms with Crippen molar-refractivity contribution in [2.45, 2.75) is 18.5 Å². The summed E-state index contributed by atoms with van der Waals surface area (Å²) in [6.45, 7) is 0.0909. The molecule has 0 fully saturated rings. The zero-order chi connectivity index (χ0) is 24.1. The fourth-order valence-corrected chi connectivity index (χ4v) is 3.24. The molecule has 9 nitrogen and oxygen atoms in total. The van der Waals surface area contributed by atoms with Gasteiger partial charge in [-0.3, -0.25) is 4.79 Å². The van der Waals surface area contributed by atoms with Crippen molar-refractivity contribution in [3.8, 4) is 17.5 Å². The lowest BCUT2D eigenvalue weighted by atomic mass is 10.2. The molecular weight excluding hydrogens is 464 g/mol. The summed E-state index contributed by atoms with van der Waals surface area (Å²) in [5.41, 5.74) is 6.48. The molecular formula is C22H30N4O5S2. The van der Waals surface area contributed by atoms with Crippen LogP contribution in [0.3, 0.4) is 0 Å². The first-order valence-electron chi connectivity index (χ1n) is 10.3. The number of carbonyl (C=O) groups is 2. The molecule has 33 heavy (non-hydrogen) atoms. The van der Waals surface area contributed by atoms with Gasteiger partial charge in [-0.25, -0.2) is 4.79 Å². The minimum atomic E-state index is -0.745. The minimum Gasteiger partial charge on any atom is -0.467 e. The number of carbonyl (C=O) groups excluding carboxylic acids is 2. The molecule has 2 rings (SSSR count). The van der Waals surface area contributed by atoms with Gasteiger partial charge in [0.1, 0.15) is 11.8 Å². The van der Waals surface area contributed by atoms with Crippen LogP contribution in [0.2, 0.25) is 0 Å². The van der Waals surface area contributed by atoms with Crippen molar-refractivity contribution in [1.29, 1.82) is 0 Å². The van der Waals surface area contributed by atoms with Gasteiger partial charge in [-0.1, -0.05) is 18.2 Å². The van der Waals surface area contributed by atoms with E-state index in [0.29, 0.717) is 41.8 Å². The molecule has 1 heterocycles. The summed E-state index contributed by atoms with van der Waals surface area (Å²) in [6.07, 6.45) is 2.37. The SMILES string of the molecule is COC(=O)[C@H](CCSC)NC(=O)COc1nc(Oc2ccccc2)ccc1NCC(N)CS. The Bertz CT molecular complexity index is 888. The number of hydrogen-bond donors (Lipinski definition) is 4. The Morgan fingerprint density at radius 2 is 1.97 bits per heavy atom. The third kappa shape index (κ3) is 9.40. The maximum atomic E-state index is 12.4. The van der Waals surface area contributed by atoms with Gasteiger partial charge in [0.2, 0.25) is 11.8 Å². The summed E-state index contributed by atoms with van der Waals surface area (Å²) in [6, 6.07) is 11.7. The number of aromatic nitrogens is 1. The van der Waals surface area contributed by atoms with Gasteiger partial charge in [0.05, 0.1) is 12.8 Å². The maximum absolute atomic E-state index is 12.4. The lowest BCUT2D eigenvalue weighted by Crippen LogP contribution is -2.44. The lowest BCUT2D eigenvalue weighted by Gasteiger charge is -2.18. The summed E-state index contributed by atoms with van der Waals surface area (Å²) < 4.78 is 16.2. The van der Waals surface area contributed by atoms with Crippen LogP contribution in [-0.2, 0) is 14.3 Å². The molecule has 0 aliphatic heterocycles. The molecule has 11 heteroatoms. The van der Waals surface area contributed by atoms with Crippen molar-refractivity contribution in [2.75, 3.05) is 43.3 Å². The first kappa shape index (κ1) is 26.6. The van der Waals surface area contributed by atoms with E-state index >= 15 is 0 Å². The average Bonchev–Trinajstić information content (AvgIpc) is 2.84. The quantitative estimate of drug-likeness (QED) is 0.231. The minimum absolute atomic E-state index is 0.170. The Hall–Kier alpha value is -2.63.